The number of thiophene rings is 1. The predicted molar refractivity (Wildman–Crippen MR) is 79.3 cm³/mol. The summed E-state index contributed by atoms with van der Waals surface area (Å²) in [5.74, 6) is 0.0693. The summed E-state index contributed by atoms with van der Waals surface area (Å²) in [6.45, 7) is 3.87. The fraction of sp³-hybridized carbons (Fsp3) is 0.0769. The minimum absolute atomic E-state index is 0.287. The first-order chi connectivity index (χ1) is 8.56. The van der Waals surface area contributed by atoms with Gasteiger partial charge in [-0.1, -0.05) is 18.7 Å². The van der Waals surface area contributed by atoms with E-state index in [1.807, 2.05) is 12.1 Å². The highest BCUT2D eigenvalue weighted by Crippen LogP contribution is 2.29. The number of hydrogen-bond donors (Lipinski definition) is 0. The van der Waals surface area contributed by atoms with Crippen molar-refractivity contribution in [2.45, 2.75) is 5.75 Å². The Balaban J connectivity index is 2.08. The summed E-state index contributed by atoms with van der Waals surface area (Å²) in [6.07, 6.45) is 0. The van der Waals surface area contributed by atoms with Crippen molar-refractivity contribution in [2.75, 3.05) is 0 Å². The molecule has 2 aromatic rings. The molecular formula is C13H10BrFOS2. The van der Waals surface area contributed by atoms with E-state index in [0.717, 1.165) is 14.2 Å². The second-order valence-electron chi connectivity index (χ2n) is 3.64. The van der Waals surface area contributed by atoms with Crippen LogP contribution in [0.4, 0.5) is 4.39 Å². The molecule has 2 rings (SSSR count). The van der Waals surface area contributed by atoms with Gasteiger partial charge in [-0.15, -0.1) is 11.3 Å². The van der Waals surface area contributed by atoms with Crippen molar-refractivity contribution in [3.05, 3.63) is 63.0 Å². The highest BCUT2D eigenvalue weighted by Gasteiger charge is 2.11. The summed E-state index contributed by atoms with van der Waals surface area (Å²) >= 11 is 4.86. The van der Waals surface area contributed by atoms with E-state index in [2.05, 4.69) is 22.5 Å². The second kappa shape index (κ2) is 5.91. The molecule has 18 heavy (non-hydrogen) atoms. The highest BCUT2D eigenvalue weighted by atomic mass is 79.9. The van der Waals surface area contributed by atoms with Gasteiger partial charge in [-0.05, 0) is 45.8 Å². The Morgan fingerprint density at radius 2 is 1.94 bits per heavy atom. The van der Waals surface area contributed by atoms with Crippen molar-refractivity contribution in [1.82, 2.24) is 0 Å². The van der Waals surface area contributed by atoms with Gasteiger partial charge in [0.1, 0.15) is 5.82 Å². The van der Waals surface area contributed by atoms with Gasteiger partial charge in [-0.2, -0.15) is 0 Å². The summed E-state index contributed by atoms with van der Waals surface area (Å²) in [7, 11) is -1.19. The molecule has 0 radical (unpaired) electrons. The van der Waals surface area contributed by atoms with Crippen LogP contribution >= 0.6 is 27.3 Å². The number of halogens is 2. The average Bonchev–Trinajstić information content (AvgIpc) is 2.78. The summed E-state index contributed by atoms with van der Waals surface area (Å²) in [6, 6.07) is 9.82. The SMILES string of the molecule is C=C(c1ccc(Br)s1)S(=O)Cc1ccc(F)cc1. The zero-order valence-corrected chi connectivity index (χ0v) is 12.6. The van der Waals surface area contributed by atoms with Crippen LogP contribution in [0.3, 0.4) is 0 Å². The minimum Gasteiger partial charge on any atom is -0.254 e. The van der Waals surface area contributed by atoms with Crippen LogP contribution in [-0.2, 0) is 16.6 Å². The molecule has 0 aliphatic carbocycles. The Morgan fingerprint density at radius 1 is 1.28 bits per heavy atom. The molecule has 1 heterocycles. The standard InChI is InChI=1S/C13H10BrFOS2/c1-9(12-6-7-13(14)17-12)18(16)8-10-2-4-11(15)5-3-10/h2-7H,1,8H2. The molecule has 5 heteroatoms. The van der Waals surface area contributed by atoms with E-state index in [0.29, 0.717) is 10.7 Å². The quantitative estimate of drug-likeness (QED) is 0.793. The molecule has 0 N–H and O–H groups in total. The maximum absolute atomic E-state index is 12.8. The highest BCUT2D eigenvalue weighted by molar-refractivity contribution is 9.11. The van der Waals surface area contributed by atoms with Crippen molar-refractivity contribution in [3.63, 3.8) is 0 Å². The number of benzene rings is 1. The Bertz CT molecular complexity index is 589. The summed E-state index contributed by atoms with van der Waals surface area (Å²) in [5, 5.41) is 0. The molecule has 0 bridgehead atoms. The first-order valence-electron chi connectivity index (χ1n) is 5.13. The van der Waals surface area contributed by atoms with Gasteiger partial charge in [0.25, 0.3) is 0 Å². The van der Waals surface area contributed by atoms with Gasteiger partial charge in [0.2, 0.25) is 0 Å². The van der Waals surface area contributed by atoms with Crippen LogP contribution in [0.25, 0.3) is 4.91 Å². The van der Waals surface area contributed by atoms with Crippen molar-refractivity contribution in [3.8, 4) is 0 Å². The van der Waals surface area contributed by atoms with Gasteiger partial charge in [0.05, 0.1) is 20.3 Å². The molecular weight excluding hydrogens is 335 g/mol. The monoisotopic (exact) mass is 344 g/mol. The number of rotatable bonds is 4. The van der Waals surface area contributed by atoms with E-state index < -0.39 is 10.8 Å². The van der Waals surface area contributed by atoms with Crippen molar-refractivity contribution >= 4 is 43.0 Å². The maximum atomic E-state index is 12.8. The van der Waals surface area contributed by atoms with Gasteiger partial charge in [-0.25, -0.2) is 4.39 Å². The molecule has 0 spiro atoms. The van der Waals surface area contributed by atoms with Crippen LogP contribution in [0.15, 0.2) is 46.8 Å². The molecule has 0 aliphatic heterocycles. The van der Waals surface area contributed by atoms with Gasteiger partial charge in [0.15, 0.2) is 0 Å². The summed E-state index contributed by atoms with van der Waals surface area (Å²) < 4.78 is 25.9. The summed E-state index contributed by atoms with van der Waals surface area (Å²) in [5.41, 5.74) is 0.839. The van der Waals surface area contributed by atoms with Crippen LogP contribution in [0.2, 0.25) is 0 Å². The lowest BCUT2D eigenvalue weighted by atomic mass is 10.2. The van der Waals surface area contributed by atoms with Crippen LogP contribution in [-0.4, -0.2) is 4.21 Å². The topological polar surface area (TPSA) is 17.1 Å². The van der Waals surface area contributed by atoms with Crippen LogP contribution in [0.1, 0.15) is 10.4 Å². The van der Waals surface area contributed by atoms with E-state index in [9.17, 15) is 8.60 Å². The van der Waals surface area contributed by atoms with E-state index in [-0.39, 0.29) is 5.82 Å². The Labute approximate surface area is 120 Å². The Hall–Kier alpha value is -0.780. The molecule has 0 saturated carbocycles. The lowest BCUT2D eigenvalue weighted by molar-refractivity contribution is 0.627. The fourth-order valence-corrected chi connectivity index (χ4v) is 4.01. The largest absolute Gasteiger partial charge is 0.254 e. The van der Waals surface area contributed by atoms with Crippen molar-refractivity contribution in [1.29, 1.82) is 0 Å². The van der Waals surface area contributed by atoms with Crippen LogP contribution in [0, 0.1) is 5.82 Å². The Morgan fingerprint density at radius 3 is 2.50 bits per heavy atom. The third kappa shape index (κ3) is 3.37. The minimum atomic E-state index is -1.19. The smallest absolute Gasteiger partial charge is 0.123 e. The lowest BCUT2D eigenvalue weighted by Gasteiger charge is -2.04. The zero-order valence-electron chi connectivity index (χ0n) is 9.36. The fourth-order valence-electron chi connectivity index (χ4n) is 1.40. The molecule has 0 saturated heterocycles. The lowest BCUT2D eigenvalue weighted by Crippen LogP contribution is -1.96. The molecule has 0 amide bonds. The predicted octanol–water partition coefficient (Wildman–Crippen LogP) is 4.57. The molecule has 1 nitrogen and oxygen atoms in total. The van der Waals surface area contributed by atoms with Crippen molar-refractivity contribution in [2.24, 2.45) is 0 Å². The molecule has 1 aromatic heterocycles. The zero-order chi connectivity index (χ0) is 13.1. The van der Waals surface area contributed by atoms with Gasteiger partial charge in [-0.3, -0.25) is 4.21 Å². The normalized spacial score (nSPS) is 12.3. The van der Waals surface area contributed by atoms with Crippen molar-refractivity contribution < 1.29 is 8.60 Å². The molecule has 1 atom stereocenters. The van der Waals surface area contributed by atoms with E-state index in [1.165, 1.54) is 23.5 Å². The molecule has 1 unspecified atom stereocenters. The first-order valence-corrected chi connectivity index (χ1v) is 8.06. The Kier molecular flexibility index (Phi) is 4.48. The third-order valence-corrected chi connectivity index (χ3v) is 5.51. The number of hydrogen-bond acceptors (Lipinski definition) is 2. The van der Waals surface area contributed by atoms with E-state index in [4.69, 9.17) is 0 Å². The first kappa shape index (κ1) is 13.6. The van der Waals surface area contributed by atoms with Gasteiger partial charge >= 0.3 is 0 Å². The van der Waals surface area contributed by atoms with Crippen LogP contribution in [0.5, 0.6) is 0 Å². The molecule has 1 aromatic carbocycles. The maximum Gasteiger partial charge on any atom is 0.123 e. The molecule has 94 valence electrons. The molecule has 0 aliphatic rings. The second-order valence-corrected chi connectivity index (χ2v) is 7.58. The van der Waals surface area contributed by atoms with E-state index >= 15 is 0 Å². The average molecular weight is 345 g/mol. The molecule has 0 fully saturated rings. The van der Waals surface area contributed by atoms with E-state index in [1.54, 1.807) is 12.1 Å². The summed E-state index contributed by atoms with van der Waals surface area (Å²) in [4.78, 5) is 1.51. The van der Waals surface area contributed by atoms with Gasteiger partial charge < -0.3 is 0 Å². The third-order valence-electron chi connectivity index (χ3n) is 2.33. The van der Waals surface area contributed by atoms with Gasteiger partial charge in [0, 0.05) is 9.78 Å². The van der Waals surface area contributed by atoms with Crippen LogP contribution < -0.4 is 0 Å².